The third-order valence-electron chi connectivity index (χ3n) is 3.37. The maximum atomic E-state index is 12.2. The van der Waals surface area contributed by atoms with Crippen LogP contribution in [0, 0.1) is 12.8 Å². The van der Waals surface area contributed by atoms with Gasteiger partial charge in [-0.3, -0.25) is 4.79 Å². The van der Waals surface area contributed by atoms with Crippen molar-refractivity contribution in [2.45, 2.75) is 52.0 Å². The van der Waals surface area contributed by atoms with Crippen molar-refractivity contribution in [1.29, 1.82) is 0 Å². The molecule has 19 heavy (non-hydrogen) atoms. The second-order valence-corrected chi connectivity index (χ2v) is 7.39. The van der Waals surface area contributed by atoms with Crippen molar-refractivity contribution < 1.29 is 4.79 Å². The average Bonchev–Trinajstić information content (AvgIpc) is 3.07. The molecule has 1 aromatic rings. The lowest BCUT2D eigenvalue weighted by molar-refractivity contribution is 0.0953. The molecule has 4 nitrogen and oxygen atoms in total. The maximum Gasteiger partial charge on any atom is 0.263 e. The van der Waals surface area contributed by atoms with Crippen LogP contribution in [0.1, 0.15) is 54.0 Å². The molecule has 1 unspecified atom stereocenters. The summed E-state index contributed by atoms with van der Waals surface area (Å²) in [6.07, 6.45) is 2.40. The summed E-state index contributed by atoms with van der Waals surface area (Å²) in [6.45, 7) is 8.77. The molecule has 1 aliphatic rings. The Morgan fingerprint density at radius 2 is 2.16 bits per heavy atom. The summed E-state index contributed by atoms with van der Waals surface area (Å²) >= 11 is 1.49. The molecule has 0 bridgehead atoms. The number of amides is 1. The minimum absolute atomic E-state index is 0.0155. The van der Waals surface area contributed by atoms with Gasteiger partial charge in [-0.2, -0.15) is 0 Å². The number of nitrogens with zero attached hydrogens (tertiary/aromatic N) is 1. The summed E-state index contributed by atoms with van der Waals surface area (Å²) in [5.41, 5.74) is 6.79. The van der Waals surface area contributed by atoms with Crippen LogP contribution >= 0.6 is 11.3 Å². The van der Waals surface area contributed by atoms with E-state index in [0.29, 0.717) is 17.3 Å². The van der Waals surface area contributed by atoms with Gasteiger partial charge in [-0.25, -0.2) is 4.98 Å². The molecule has 1 saturated carbocycles. The third kappa shape index (κ3) is 3.54. The van der Waals surface area contributed by atoms with Gasteiger partial charge in [0.2, 0.25) is 0 Å². The van der Waals surface area contributed by atoms with Crippen LogP contribution in [0.15, 0.2) is 0 Å². The van der Waals surface area contributed by atoms with Gasteiger partial charge < -0.3 is 11.1 Å². The van der Waals surface area contributed by atoms with Gasteiger partial charge in [0.25, 0.3) is 5.91 Å². The first kappa shape index (κ1) is 14.5. The second kappa shape index (κ2) is 5.21. The highest BCUT2D eigenvalue weighted by atomic mass is 32.1. The number of nitrogens with one attached hydrogen (secondary N) is 1. The number of hydrogen-bond donors (Lipinski definition) is 2. The number of aryl methyl sites for hydroxylation is 1. The topological polar surface area (TPSA) is 68.0 Å². The minimum atomic E-state index is -0.0402. The van der Waals surface area contributed by atoms with Crippen LogP contribution in [0.4, 0.5) is 0 Å². The lowest BCUT2D eigenvalue weighted by Crippen LogP contribution is -2.38. The first-order chi connectivity index (χ1) is 8.79. The van der Waals surface area contributed by atoms with Crippen LogP contribution in [0.5, 0.6) is 0 Å². The zero-order valence-corrected chi connectivity index (χ0v) is 12.9. The fourth-order valence-corrected chi connectivity index (χ4v) is 2.95. The van der Waals surface area contributed by atoms with Gasteiger partial charge in [0.1, 0.15) is 4.88 Å². The van der Waals surface area contributed by atoms with E-state index in [-0.39, 0.29) is 17.4 Å². The van der Waals surface area contributed by atoms with Crippen molar-refractivity contribution in [3.63, 3.8) is 0 Å². The zero-order valence-electron chi connectivity index (χ0n) is 12.1. The standard InChI is InChI=1S/C14H23N3OS/c1-8-11(19-13(17-8)14(2,3)4)12(18)16-7-10(15)9-5-6-9/h9-10H,5-7,15H2,1-4H3,(H,16,18). The monoisotopic (exact) mass is 281 g/mol. The van der Waals surface area contributed by atoms with E-state index in [1.807, 2.05) is 6.92 Å². The highest BCUT2D eigenvalue weighted by Crippen LogP contribution is 2.31. The average molecular weight is 281 g/mol. The summed E-state index contributed by atoms with van der Waals surface area (Å²) in [7, 11) is 0. The van der Waals surface area contributed by atoms with Crippen molar-refractivity contribution in [3.8, 4) is 0 Å². The molecule has 5 heteroatoms. The Hall–Kier alpha value is -0.940. The molecule has 0 radical (unpaired) electrons. The molecule has 1 aliphatic carbocycles. The molecular weight excluding hydrogens is 258 g/mol. The van der Waals surface area contributed by atoms with E-state index in [2.05, 4.69) is 31.1 Å². The van der Waals surface area contributed by atoms with Crippen LogP contribution in [0.2, 0.25) is 0 Å². The molecule has 1 amide bonds. The zero-order chi connectivity index (χ0) is 14.2. The van der Waals surface area contributed by atoms with Crippen LogP contribution in [0.3, 0.4) is 0 Å². The van der Waals surface area contributed by atoms with E-state index < -0.39 is 0 Å². The quantitative estimate of drug-likeness (QED) is 0.889. The molecule has 0 aliphatic heterocycles. The number of aromatic nitrogens is 1. The lowest BCUT2D eigenvalue weighted by atomic mass is 9.98. The number of hydrogen-bond acceptors (Lipinski definition) is 4. The third-order valence-corrected chi connectivity index (χ3v) is 4.95. The van der Waals surface area contributed by atoms with Crippen molar-refractivity contribution in [2.75, 3.05) is 6.54 Å². The molecule has 1 fully saturated rings. The van der Waals surface area contributed by atoms with Gasteiger partial charge in [0, 0.05) is 18.0 Å². The summed E-state index contributed by atoms with van der Waals surface area (Å²) in [6, 6.07) is 0.0965. The van der Waals surface area contributed by atoms with Crippen LogP contribution in [0.25, 0.3) is 0 Å². The Labute approximate surface area is 118 Å². The summed E-state index contributed by atoms with van der Waals surface area (Å²) in [4.78, 5) is 17.4. The molecule has 1 atom stereocenters. The van der Waals surface area contributed by atoms with E-state index >= 15 is 0 Å². The molecule has 0 aromatic carbocycles. The molecule has 0 saturated heterocycles. The lowest BCUT2D eigenvalue weighted by Gasteiger charge is -2.13. The molecule has 106 valence electrons. The highest BCUT2D eigenvalue weighted by molar-refractivity contribution is 7.14. The molecular formula is C14H23N3OS. The molecule has 1 heterocycles. The van der Waals surface area contributed by atoms with Crippen molar-refractivity contribution >= 4 is 17.2 Å². The van der Waals surface area contributed by atoms with Crippen LogP contribution in [-0.4, -0.2) is 23.5 Å². The van der Waals surface area contributed by atoms with Gasteiger partial charge in [-0.1, -0.05) is 20.8 Å². The second-order valence-electron chi connectivity index (χ2n) is 6.39. The van der Waals surface area contributed by atoms with E-state index in [1.54, 1.807) is 0 Å². The molecule has 1 aromatic heterocycles. The molecule has 3 N–H and O–H groups in total. The maximum absolute atomic E-state index is 12.2. The predicted octanol–water partition coefficient (Wildman–Crippen LogP) is 2.22. The van der Waals surface area contributed by atoms with E-state index in [0.717, 1.165) is 10.7 Å². The van der Waals surface area contributed by atoms with E-state index in [1.165, 1.54) is 24.2 Å². The van der Waals surface area contributed by atoms with Gasteiger partial charge >= 0.3 is 0 Å². The highest BCUT2D eigenvalue weighted by Gasteiger charge is 2.29. The Balaban J connectivity index is 2.00. The van der Waals surface area contributed by atoms with Crippen molar-refractivity contribution in [1.82, 2.24) is 10.3 Å². The Morgan fingerprint density at radius 1 is 1.53 bits per heavy atom. The van der Waals surface area contributed by atoms with Gasteiger partial charge in [0.15, 0.2) is 0 Å². The number of thiazole rings is 1. The summed E-state index contributed by atoms with van der Waals surface area (Å²) < 4.78 is 0. The Kier molecular flexibility index (Phi) is 3.97. The number of nitrogens with two attached hydrogens (primary N) is 1. The van der Waals surface area contributed by atoms with E-state index in [9.17, 15) is 4.79 Å². The number of carbonyl (C=O) groups excluding carboxylic acids is 1. The minimum Gasteiger partial charge on any atom is -0.350 e. The first-order valence-corrected chi connectivity index (χ1v) is 7.62. The summed E-state index contributed by atoms with van der Waals surface area (Å²) in [5.74, 6) is 0.564. The van der Waals surface area contributed by atoms with Gasteiger partial charge in [-0.15, -0.1) is 11.3 Å². The predicted molar refractivity (Wildman–Crippen MR) is 78.6 cm³/mol. The number of carbonyl (C=O) groups is 1. The normalized spacial score (nSPS) is 17.3. The first-order valence-electron chi connectivity index (χ1n) is 6.80. The fourth-order valence-electron chi connectivity index (χ4n) is 1.91. The van der Waals surface area contributed by atoms with E-state index in [4.69, 9.17) is 5.73 Å². The van der Waals surface area contributed by atoms with Gasteiger partial charge in [0.05, 0.1) is 10.7 Å². The molecule has 2 rings (SSSR count). The Morgan fingerprint density at radius 3 is 2.63 bits per heavy atom. The van der Waals surface area contributed by atoms with Crippen molar-refractivity contribution in [2.24, 2.45) is 11.7 Å². The molecule has 0 spiro atoms. The smallest absolute Gasteiger partial charge is 0.263 e. The van der Waals surface area contributed by atoms with Gasteiger partial charge in [-0.05, 0) is 25.7 Å². The largest absolute Gasteiger partial charge is 0.350 e. The van der Waals surface area contributed by atoms with Crippen LogP contribution < -0.4 is 11.1 Å². The van der Waals surface area contributed by atoms with Crippen molar-refractivity contribution in [3.05, 3.63) is 15.6 Å². The fraction of sp³-hybridized carbons (Fsp3) is 0.714. The number of rotatable bonds is 4. The van der Waals surface area contributed by atoms with Crippen LogP contribution in [-0.2, 0) is 5.41 Å². The summed E-state index contributed by atoms with van der Waals surface area (Å²) in [5, 5.41) is 3.93. The Bertz CT molecular complexity index is 472. The SMILES string of the molecule is Cc1nc(C(C)(C)C)sc1C(=O)NCC(N)C1CC1.